The molecule has 2 heteroatoms. The van der Waals surface area contributed by atoms with E-state index in [2.05, 4.69) is 0 Å². The van der Waals surface area contributed by atoms with Crippen LogP contribution in [0.2, 0.25) is 5.02 Å². The number of benzene rings is 1. The fourth-order valence-electron chi connectivity index (χ4n) is 1.13. The Hall–Kier alpha value is -0.820. The van der Waals surface area contributed by atoms with E-state index in [0.29, 0.717) is 0 Å². The highest BCUT2D eigenvalue weighted by atomic mass is 35.5. The van der Waals surface area contributed by atoms with Crippen LogP contribution in [-0.2, 0) is 0 Å². The molecule has 0 radical (unpaired) electrons. The fourth-order valence-corrected chi connectivity index (χ4v) is 1.27. The van der Waals surface area contributed by atoms with Gasteiger partial charge in [0.1, 0.15) is 0 Å². The Morgan fingerprint density at radius 2 is 2.31 bits per heavy atom. The van der Waals surface area contributed by atoms with Crippen LogP contribution in [0.1, 0.15) is 63.4 Å². The first kappa shape index (κ1) is 3.58. The molecule has 1 unspecified atom stereocenters. The van der Waals surface area contributed by atoms with Crippen LogP contribution in [0, 0.1) is 11.3 Å². The maximum atomic E-state index is 13.0. The first-order chi connectivity index (χ1) is 13.0. The lowest BCUT2D eigenvalue weighted by Crippen LogP contribution is -2.18. The van der Waals surface area contributed by atoms with Gasteiger partial charge in [0, 0.05) is 30.2 Å². The normalized spacial score (nSPS) is 30.6. The van der Waals surface area contributed by atoms with E-state index in [1.54, 1.807) is 0 Å². The SMILES string of the molecule is [2H]c1c([2H])c(Cl)c([2H])c(C(=O)C([2H])(C)CC(C([2H])([2H])[2H])(C([2H])([2H])[2H])C([2H])([2H])[2H])c1[2H]. The van der Waals surface area contributed by atoms with Crippen molar-refractivity contribution in [3.05, 3.63) is 34.8 Å². The monoisotopic (exact) mass is 252 g/mol. The van der Waals surface area contributed by atoms with Gasteiger partial charge in [0.2, 0.25) is 0 Å². The Kier molecular flexibility index (Phi) is 1.12. The Bertz CT molecular complexity index is 783. The molecular formula is C14H19ClO. The average Bonchev–Trinajstić information content (AvgIpc) is 2.52. The molecule has 16 heavy (non-hydrogen) atoms. The largest absolute Gasteiger partial charge is 0.294 e. The van der Waals surface area contributed by atoms with Crippen LogP contribution in [0.25, 0.3) is 0 Å². The average molecular weight is 253 g/mol. The predicted molar refractivity (Wildman–Crippen MR) is 69.0 cm³/mol. The van der Waals surface area contributed by atoms with E-state index in [1.165, 1.54) is 0 Å². The second kappa shape index (κ2) is 5.01. The lowest BCUT2D eigenvalue weighted by atomic mass is 9.82. The smallest absolute Gasteiger partial charge is 0.165 e. The van der Waals surface area contributed by atoms with Crippen LogP contribution in [0.15, 0.2) is 24.2 Å². The molecule has 0 heterocycles. The van der Waals surface area contributed by atoms with Gasteiger partial charge in [0.05, 0.1) is 5.48 Å². The van der Waals surface area contributed by atoms with Crippen molar-refractivity contribution in [3.63, 3.8) is 0 Å². The molecule has 0 aliphatic heterocycles. The molecule has 1 nitrogen and oxygen atoms in total. The Morgan fingerprint density at radius 1 is 1.62 bits per heavy atom. The molecule has 0 saturated heterocycles. The maximum Gasteiger partial charge on any atom is 0.165 e. The van der Waals surface area contributed by atoms with Crippen molar-refractivity contribution >= 4 is 17.4 Å². The van der Waals surface area contributed by atoms with E-state index in [4.69, 9.17) is 30.8 Å². The number of carbonyl (C=O) groups is 1. The molecule has 0 amide bonds. The summed E-state index contributed by atoms with van der Waals surface area (Å²) >= 11 is 5.74. The van der Waals surface area contributed by atoms with Gasteiger partial charge in [-0.15, -0.1) is 0 Å². The van der Waals surface area contributed by atoms with Crippen LogP contribution in [0.4, 0.5) is 0 Å². The summed E-state index contributed by atoms with van der Waals surface area (Å²) in [6.07, 6.45) is -1.48. The van der Waals surface area contributed by atoms with Gasteiger partial charge in [-0.25, -0.2) is 0 Å². The molecule has 0 aliphatic carbocycles. The summed E-state index contributed by atoms with van der Waals surface area (Å²) < 4.78 is 108. The highest BCUT2D eigenvalue weighted by Crippen LogP contribution is 2.26. The Morgan fingerprint density at radius 3 is 2.94 bits per heavy atom. The van der Waals surface area contributed by atoms with Gasteiger partial charge in [0.15, 0.2) is 5.78 Å². The molecular weight excluding hydrogens is 220 g/mol. The summed E-state index contributed by atoms with van der Waals surface area (Å²) in [6, 6.07) is -3.34. The van der Waals surface area contributed by atoms with Crippen LogP contribution in [-0.4, -0.2) is 5.78 Å². The van der Waals surface area contributed by atoms with Gasteiger partial charge in [-0.1, -0.05) is 51.2 Å². The number of ketones is 1. The van der Waals surface area contributed by atoms with Gasteiger partial charge in [-0.2, -0.15) is 0 Å². The highest BCUT2D eigenvalue weighted by molar-refractivity contribution is 6.31. The van der Waals surface area contributed by atoms with Gasteiger partial charge < -0.3 is 0 Å². The van der Waals surface area contributed by atoms with Gasteiger partial charge in [-0.3, -0.25) is 4.79 Å². The van der Waals surface area contributed by atoms with Gasteiger partial charge in [-0.05, 0) is 23.9 Å². The second-order valence-corrected chi connectivity index (χ2v) is 3.76. The summed E-state index contributed by atoms with van der Waals surface area (Å²) in [4.78, 5) is 13.0. The lowest BCUT2D eigenvalue weighted by molar-refractivity contribution is 0.0897. The van der Waals surface area contributed by atoms with Crippen molar-refractivity contribution < 1.29 is 24.0 Å². The van der Waals surface area contributed by atoms with Crippen LogP contribution < -0.4 is 0 Å². The van der Waals surface area contributed by atoms with E-state index >= 15 is 0 Å². The van der Waals surface area contributed by atoms with Crippen LogP contribution in [0.5, 0.6) is 0 Å². The molecule has 0 N–H and O–H groups in total. The molecule has 0 bridgehead atoms. The van der Waals surface area contributed by atoms with Gasteiger partial charge in [0.25, 0.3) is 0 Å². The van der Waals surface area contributed by atoms with Gasteiger partial charge >= 0.3 is 0 Å². The van der Waals surface area contributed by atoms with E-state index < -0.39 is 78.8 Å². The molecule has 1 atom stereocenters. The molecule has 0 aliphatic rings. The summed E-state index contributed by atoms with van der Waals surface area (Å²) in [5.41, 5.74) is -4.36. The third kappa shape index (κ3) is 3.97. The Labute approximate surface area is 122 Å². The van der Waals surface area contributed by atoms with E-state index in [0.717, 1.165) is 6.92 Å². The van der Waals surface area contributed by atoms with Crippen molar-refractivity contribution in [3.8, 4) is 0 Å². The van der Waals surface area contributed by atoms with Crippen molar-refractivity contribution in [2.24, 2.45) is 11.3 Å². The minimum Gasteiger partial charge on any atom is -0.294 e. The summed E-state index contributed by atoms with van der Waals surface area (Å²) in [5, 5.41) is -0.663. The third-order valence-electron chi connectivity index (χ3n) is 1.74. The fraction of sp³-hybridized carbons (Fsp3) is 0.500. The summed E-state index contributed by atoms with van der Waals surface area (Å²) in [6.45, 7) is -10.1. The molecule has 0 saturated carbocycles. The zero-order valence-electron chi connectivity index (χ0n) is 22.5. The number of hydrogen-bond donors (Lipinski definition) is 0. The van der Waals surface area contributed by atoms with Crippen molar-refractivity contribution in [2.75, 3.05) is 0 Å². The van der Waals surface area contributed by atoms with Crippen molar-refractivity contribution in [2.45, 2.75) is 33.9 Å². The van der Waals surface area contributed by atoms with Crippen LogP contribution in [0.3, 0.4) is 0 Å². The number of rotatable bonds is 3. The zero-order chi connectivity index (χ0) is 24.2. The third-order valence-corrected chi connectivity index (χ3v) is 1.93. The minimum atomic E-state index is -3.64. The van der Waals surface area contributed by atoms with Crippen molar-refractivity contribution in [1.29, 1.82) is 0 Å². The summed E-state index contributed by atoms with van der Waals surface area (Å²) in [7, 11) is 0. The standard InChI is InChI=1S/C14H19ClO/c1-10(9-14(2,3)4)13(16)11-6-5-7-12(15)8-11/h5-8,10H,9H2,1-4H3/i2D3,3D3,4D3,5D,6D,7D,8D,10D. The molecule has 0 aromatic heterocycles. The number of Topliss-reactive ketones (excluding diaryl/α,β-unsaturated/α-hetero) is 1. The lowest BCUT2D eigenvalue weighted by Gasteiger charge is -2.22. The van der Waals surface area contributed by atoms with Crippen molar-refractivity contribution in [1.82, 2.24) is 0 Å². The van der Waals surface area contributed by atoms with E-state index in [-0.39, 0.29) is 0 Å². The first-order valence-corrected chi connectivity index (χ1v) is 4.73. The quantitative estimate of drug-likeness (QED) is 0.719. The van der Waals surface area contributed by atoms with E-state index in [9.17, 15) is 4.79 Å². The van der Waals surface area contributed by atoms with Crippen LogP contribution >= 0.6 is 11.6 Å². The minimum absolute atomic E-state index is 0.663. The molecule has 1 rings (SSSR count). The molecule has 1 aromatic rings. The molecule has 0 spiro atoms. The van der Waals surface area contributed by atoms with E-state index in [1.807, 2.05) is 0 Å². The second-order valence-electron chi connectivity index (χ2n) is 3.38. The molecule has 1 aromatic carbocycles. The highest BCUT2D eigenvalue weighted by Gasteiger charge is 2.21. The topological polar surface area (TPSA) is 17.1 Å². The molecule has 88 valence electrons. The number of halogens is 1. The zero-order valence-corrected chi connectivity index (χ0v) is 9.25. The number of carbonyl (C=O) groups excluding carboxylic acids is 1. The molecule has 0 fully saturated rings. The maximum absolute atomic E-state index is 13.0. The Balaban J connectivity index is 3.79. The predicted octanol–water partition coefficient (Wildman–Crippen LogP) is 4.60. The first-order valence-electron chi connectivity index (χ1n) is 11.4. The number of hydrogen-bond acceptors (Lipinski definition) is 1. The summed E-state index contributed by atoms with van der Waals surface area (Å²) in [5.74, 6) is -4.18.